The van der Waals surface area contributed by atoms with Crippen LogP contribution in [0.25, 0.3) is 0 Å². The Labute approximate surface area is 74.9 Å². The molecule has 13 heavy (non-hydrogen) atoms. The second kappa shape index (κ2) is 4.20. The molecule has 0 aromatic carbocycles. The highest BCUT2D eigenvalue weighted by Gasteiger charge is 2.29. The summed E-state index contributed by atoms with van der Waals surface area (Å²) in [6.07, 6.45) is -0.219. The van der Waals surface area contributed by atoms with Gasteiger partial charge in [0.1, 0.15) is 6.04 Å². The van der Waals surface area contributed by atoms with Crippen LogP contribution in [0.15, 0.2) is 0 Å². The normalized spacial score (nSPS) is 27.3. The molecule has 0 aromatic heterocycles. The molecule has 0 saturated carbocycles. The molecule has 1 rings (SSSR count). The number of carbonyl (C=O) groups excluding carboxylic acids is 2. The van der Waals surface area contributed by atoms with E-state index >= 15 is 0 Å². The van der Waals surface area contributed by atoms with Crippen molar-refractivity contribution in [3.05, 3.63) is 0 Å². The Kier molecular flexibility index (Phi) is 3.21. The summed E-state index contributed by atoms with van der Waals surface area (Å²) < 4.78 is 0. The van der Waals surface area contributed by atoms with Crippen molar-refractivity contribution in [2.45, 2.75) is 25.0 Å². The van der Waals surface area contributed by atoms with Crippen LogP contribution < -0.4 is 15.7 Å². The maximum Gasteiger partial charge on any atom is 0.240 e. The van der Waals surface area contributed by atoms with Crippen molar-refractivity contribution in [2.24, 2.45) is 0 Å². The number of amides is 1. The van der Waals surface area contributed by atoms with Crippen molar-refractivity contribution in [1.82, 2.24) is 10.6 Å². The standard InChI is InChI=1S/C7H12N2O4/c10-3-4-7(13)9-5(8-4)1-2-6(11)12/h4-5,8,10H,1-3H2,(H,9,13)(H,11,12)/p-1. The molecule has 74 valence electrons. The Morgan fingerprint density at radius 2 is 2.31 bits per heavy atom. The Morgan fingerprint density at radius 1 is 1.62 bits per heavy atom. The van der Waals surface area contributed by atoms with E-state index in [2.05, 4.69) is 10.6 Å². The Hall–Kier alpha value is -1.14. The molecule has 2 atom stereocenters. The minimum absolute atomic E-state index is 0.115. The lowest BCUT2D eigenvalue weighted by Gasteiger charge is -2.10. The first kappa shape index (κ1) is 9.94. The minimum Gasteiger partial charge on any atom is -0.550 e. The van der Waals surface area contributed by atoms with Gasteiger partial charge in [-0.2, -0.15) is 0 Å². The first-order valence-corrected chi connectivity index (χ1v) is 4.00. The van der Waals surface area contributed by atoms with Crippen LogP contribution in [0.1, 0.15) is 12.8 Å². The van der Waals surface area contributed by atoms with Crippen molar-refractivity contribution >= 4 is 11.9 Å². The van der Waals surface area contributed by atoms with Gasteiger partial charge < -0.3 is 20.3 Å². The van der Waals surface area contributed by atoms with Crippen molar-refractivity contribution in [2.75, 3.05) is 6.61 Å². The molecule has 3 N–H and O–H groups in total. The molecule has 1 heterocycles. The number of aliphatic hydroxyl groups excluding tert-OH is 1. The van der Waals surface area contributed by atoms with Gasteiger partial charge in [-0.1, -0.05) is 0 Å². The smallest absolute Gasteiger partial charge is 0.240 e. The molecule has 6 nitrogen and oxygen atoms in total. The molecule has 0 bridgehead atoms. The lowest BCUT2D eigenvalue weighted by atomic mass is 10.2. The van der Waals surface area contributed by atoms with Gasteiger partial charge in [0.15, 0.2) is 0 Å². The monoisotopic (exact) mass is 187 g/mol. The van der Waals surface area contributed by atoms with Gasteiger partial charge in [-0.05, 0) is 12.8 Å². The maximum absolute atomic E-state index is 11.0. The zero-order valence-corrected chi connectivity index (χ0v) is 6.95. The number of aliphatic hydroxyl groups is 1. The zero-order chi connectivity index (χ0) is 9.84. The van der Waals surface area contributed by atoms with Gasteiger partial charge in [0.05, 0.1) is 12.8 Å². The molecule has 6 heteroatoms. The fourth-order valence-corrected chi connectivity index (χ4v) is 1.19. The molecule has 0 radical (unpaired) electrons. The van der Waals surface area contributed by atoms with Crippen molar-refractivity contribution in [1.29, 1.82) is 0 Å². The van der Waals surface area contributed by atoms with Crippen LogP contribution in [0.2, 0.25) is 0 Å². The summed E-state index contributed by atoms with van der Waals surface area (Å²) in [6.45, 7) is -0.284. The van der Waals surface area contributed by atoms with E-state index in [1.165, 1.54) is 0 Å². The van der Waals surface area contributed by atoms with Crippen LogP contribution in [-0.2, 0) is 9.59 Å². The summed E-state index contributed by atoms with van der Waals surface area (Å²) >= 11 is 0. The lowest BCUT2D eigenvalue weighted by molar-refractivity contribution is -0.305. The molecular formula is C7H11N2O4-. The van der Waals surface area contributed by atoms with E-state index in [4.69, 9.17) is 5.11 Å². The third-order valence-electron chi connectivity index (χ3n) is 1.86. The molecule has 0 aliphatic carbocycles. The van der Waals surface area contributed by atoms with Gasteiger partial charge in [0.25, 0.3) is 0 Å². The zero-order valence-electron chi connectivity index (χ0n) is 6.95. The summed E-state index contributed by atoms with van der Waals surface area (Å²) in [5, 5.41) is 24.0. The number of rotatable bonds is 4. The second-order valence-corrected chi connectivity index (χ2v) is 2.87. The Bertz CT molecular complexity index is 219. The van der Waals surface area contributed by atoms with Crippen LogP contribution in [0, 0.1) is 0 Å². The van der Waals surface area contributed by atoms with Gasteiger partial charge >= 0.3 is 0 Å². The van der Waals surface area contributed by atoms with E-state index in [-0.39, 0.29) is 31.5 Å². The number of carboxylic acids is 1. The van der Waals surface area contributed by atoms with E-state index in [9.17, 15) is 14.7 Å². The SMILES string of the molecule is O=C([O-])CCC1NC(=O)C(CO)N1. The number of hydrogen-bond donors (Lipinski definition) is 3. The number of carboxylic acid groups (broad SMARTS) is 1. The highest BCUT2D eigenvalue weighted by Crippen LogP contribution is 2.02. The highest BCUT2D eigenvalue weighted by molar-refractivity contribution is 5.84. The average molecular weight is 187 g/mol. The molecule has 0 spiro atoms. The lowest BCUT2D eigenvalue weighted by Crippen LogP contribution is -2.36. The van der Waals surface area contributed by atoms with Crippen LogP contribution in [0.5, 0.6) is 0 Å². The van der Waals surface area contributed by atoms with E-state index in [0.717, 1.165) is 0 Å². The highest BCUT2D eigenvalue weighted by atomic mass is 16.4. The summed E-state index contributed by atoms with van der Waals surface area (Å²) in [4.78, 5) is 21.1. The topological polar surface area (TPSA) is 101 Å². The molecule has 2 unspecified atom stereocenters. The Morgan fingerprint density at radius 3 is 2.77 bits per heavy atom. The van der Waals surface area contributed by atoms with E-state index in [1.54, 1.807) is 0 Å². The van der Waals surface area contributed by atoms with Crippen LogP contribution in [0.3, 0.4) is 0 Å². The molecule has 1 saturated heterocycles. The van der Waals surface area contributed by atoms with E-state index in [0.29, 0.717) is 0 Å². The number of carbonyl (C=O) groups is 2. The quantitative estimate of drug-likeness (QED) is 0.433. The second-order valence-electron chi connectivity index (χ2n) is 2.87. The summed E-state index contributed by atoms with van der Waals surface area (Å²) in [5.41, 5.74) is 0. The van der Waals surface area contributed by atoms with Crippen LogP contribution in [-0.4, -0.2) is 35.8 Å². The predicted octanol–water partition coefficient (Wildman–Crippen LogP) is -3.08. The van der Waals surface area contributed by atoms with Crippen LogP contribution >= 0.6 is 0 Å². The third-order valence-corrected chi connectivity index (χ3v) is 1.86. The Balaban J connectivity index is 2.31. The van der Waals surface area contributed by atoms with Gasteiger partial charge in [0, 0.05) is 5.97 Å². The summed E-state index contributed by atoms with van der Waals surface area (Å²) in [5.74, 6) is -1.45. The molecule has 1 fully saturated rings. The fourth-order valence-electron chi connectivity index (χ4n) is 1.19. The number of hydrogen-bond acceptors (Lipinski definition) is 5. The maximum atomic E-state index is 11.0. The molecule has 1 aliphatic heterocycles. The molecular weight excluding hydrogens is 176 g/mol. The van der Waals surface area contributed by atoms with Crippen molar-refractivity contribution in [3.8, 4) is 0 Å². The average Bonchev–Trinajstić information content (AvgIpc) is 2.43. The molecule has 0 aromatic rings. The fraction of sp³-hybridized carbons (Fsp3) is 0.714. The first-order chi connectivity index (χ1) is 6.13. The summed E-state index contributed by atoms with van der Waals surface area (Å²) in [7, 11) is 0. The number of aliphatic carboxylic acids is 1. The molecule has 1 amide bonds. The summed E-state index contributed by atoms with van der Waals surface area (Å²) in [6, 6.07) is -0.619. The largest absolute Gasteiger partial charge is 0.550 e. The first-order valence-electron chi connectivity index (χ1n) is 4.00. The van der Waals surface area contributed by atoms with E-state index < -0.39 is 12.0 Å². The van der Waals surface area contributed by atoms with Gasteiger partial charge in [-0.25, -0.2) is 0 Å². The molecule has 1 aliphatic rings. The van der Waals surface area contributed by atoms with E-state index in [1.807, 2.05) is 0 Å². The van der Waals surface area contributed by atoms with Gasteiger partial charge in [-0.15, -0.1) is 0 Å². The van der Waals surface area contributed by atoms with Crippen molar-refractivity contribution in [3.63, 3.8) is 0 Å². The predicted molar refractivity (Wildman–Crippen MR) is 40.2 cm³/mol. The van der Waals surface area contributed by atoms with Crippen molar-refractivity contribution < 1.29 is 19.8 Å². The number of nitrogens with one attached hydrogen (secondary N) is 2. The van der Waals surface area contributed by atoms with Crippen LogP contribution in [0.4, 0.5) is 0 Å². The third kappa shape index (κ3) is 2.67. The van der Waals surface area contributed by atoms with Gasteiger partial charge in [0.2, 0.25) is 5.91 Å². The minimum atomic E-state index is -1.15. The van der Waals surface area contributed by atoms with Gasteiger partial charge in [-0.3, -0.25) is 10.1 Å².